The van der Waals surface area contributed by atoms with E-state index in [0.717, 1.165) is 103 Å². The number of unbranched alkanes of at least 4 members (excludes halogenated alkanes) is 19. The number of ether oxygens (including phenoxy) is 2. The average Bonchev–Trinajstić information content (AvgIpc) is 3.37. The van der Waals surface area contributed by atoms with Gasteiger partial charge in [0.1, 0.15) is 24.4 Å². The smallest absolute Gasteiger partial charge is 0.220 e. The van der Waals surface area contributed by atoms with E-state index in [2.05, 4.69) is 129 Å². The van der Waals surface area contributed by atoms with Gasteiger partial charge in [-0.15, -0.1) is 0 Å². The topological polar surface area (TPSA) is 149 Å². The van der Waals surface area contributed by atoms with Crippen molar-refractivity contribution in [1.29, 1.82) is 0 Å². The summed E-state index contributed by atoms with van der Waals surface area (Å²) >= 11 is 0. The molecule has 6 N–H and O–H groups in total. The van der Waals surface area contributed by atoms with Gasteiger partial charge in [-0.2, -0.15) is 0 Å². The second-order valence-electron chi connectivity index (χ2n) is 19.4. The molecule has 1 aliphatic heterocycles. The van der Waals surface area contributed by atoms with E-state index in [1.54, 1.807) is 0 Å². The number of aliphatic hydroxyl groups excluding tert-OH is 5. The van der Waals surface area contributed by atoms with Crippen LogP contribution < -0.4 is 5.32 Å². The van der Waals surface area contributed by atoms with Gasteiger partial charge in [-0.1, -0.05) is 239 Å². The highest BCUT2D eigenvalue weighted by molar-refractivity contribution is 5.76. The molecule has 1 amide bonds. The summed E-state index contributed by atoms with van der Waals surface area (Å²) in [5.41, 5.74) is 0. The number of carbonyl (C=O) groups excluding carboxylic acids is 1. The summed E-state index contributed by atoms with van der Waals surface area (Å²) in [5.74, 6) is -0.180. The molecule has 9 nitrogen and oxygen atoms in total. The molecular formula is C62H105NO8. The third-order valence-electron chi connectivity index (χ3n) is 12.9. The summed E-state index contributed by atoms with van der Waals surface area (Å²) in [6.07, 6.45) is 66.8. The van der Waals surface area contributed by atoms with E-state index in [0.29, 0.717) is 12.8 Å². The Hall–Kier alpha value is -3.15. The zero-order valence-corrected chi connectivity index (χ0v) is 44.9. The molecule has 0 aromatic rings. The molecule has 7 atom stereocenters. The lowest BCUT2D eigenvalue weighted by atomic mass is 9.99. The number of rotatable bonds is 47. The van der Waals surface area contributed by atoms with Gasteiger partial charge in [0, 0.05) is 6.42 Å². The molecule has 0 saturated carbocycles. The Bertz CT molecular complexity index is 1480. The highest BCUT2D eigenvalue weighted by atomic mass is 16.7. The number of aliphatic hydroxyl groups is 5. The summed E-state index contributed by atoms with van der Waals surface area (Å²) in [7, 11) is 0. The minimum Gasteiger partial charge on any atom is -0.394 e. The first kappa shape index (κ1) is 65.9. The minimum absolute atomic E-state index is 0.158. The fraction of sp³-hybridized carbons (Fsp3) is 0.694. The third kappa shape index (κ3) is 40.0. The van der Waals surface area contributed by atoms with E-state index >= 15 is 0 Å². The number of allylic oxidation sites excluding steroid dienone is 18. The molecule has 1 heterocycles. The molecule has 1 saturated heterocycles. The zero-order chi connectivity index (χ0) is 51.5. The molecule has 0 spiro atoms. The van der Waals surface area contributed by atoms with E-state index in [4.69, 9.17) is 9.47 Å². The molecule has 71 heavy (non-hydrogen) atoms. The Balaban J connectivity index is 2.26. The van der Waals surface area contributed by atoms with Gasteiger partial charge < -0.3 is 40.3 Å². The molecular weight excluding hydrogens is 887 g/mol. The summed E-state index contributed by atoms with van der Waals surface area (Å²) in [6.45, 7) is 3.70. The number of hydrogen-bond acceptors (Lipinski definition) is 8. The van der Waals surface area contributed by atoms with E-state index in [9.17, 15) is 30.3 Å². The Morgan fingerprint density at radius 1 is 0.493 bits per heavy atom. The van der Waals surface area contributed by atoms with Crippen molar-refractivity contribution in [1.82, 2.24) is 5.32 Å². The van der Waals surface area contributed by atoms with Crippen LogP contribution in [0.5, 0.6) is 0 Å². The van der Waals surface area contributed by atoms with Gasteiger partial charge in [0.2, 0.25) is 5.91 Å². The Labute approximate surface area is 434 Å². The number of hydrogen-bond donors (Lipinski definition) is 6. The summed E-state index contributed by atoms with van der Waals surface area (Å²) in [4.78, 5) is 13.1. The lowest BCUT2D eigenvalue weighted by molar-refractivity contribution is -0.302. The van der Waals surface area contributed by atoms with Crippen molar-refractivity contribution in [3.05, 3.63) is 109 Å². The Morgan fingerprint density at radius 2 is 0.873 bits per heavy atom. The van der Waals surface area contributed by atoms with Gasteiger partial charge in [0.25, 0.3) is 0 Å². The first-order valence-corrected chi connectivity index (χ1v) is 28.6. The first-order chi connectivity index (χ1) is 34.8. The van der Waals surface area contributed by atoms with Crippen molar-refractivity contribution < 1.29 is 39.8 Å². The normalized spacial score (nSPS) is 20.1. The van der Waals surface area contributed by atoms with Crippen molar-refractivity contribution in [2.24, 2.45) is 0 Å². The van der Waals surface area contributed by atoms with Gasteiger partial charge in [0.05, 0.1) is 25.4 Å². The average molecular weight is 993 g/mol. The van der Waals surface area contributed by atoms with Gasteiger partial charge in [-0.3, -0.25) is 4.79 Å². The van der Waals surface area contributed by atoms with Crippen molar-refractivity contribution in [2.45, 2.75) is 262 Å². The Kier molecular flexibility index (Phi) is 46.7. The van der Waals surface area contributed by atoms with E-state index < -0.39 is 49.5 Å². The van der Waals surface area contributed by atoms with E-state index in [-0.39, 0.29) is 12.5 Å². The SMILES string of the molecule is CC/C=C\C/C=C\C/C=C\C/C=C\C/C=C\C/C=C\C/C=C\C/C=C\C/C=C\CCCCCC(=O)NC(COC1OC(CO)C(O)C(O)C1O)C(O)CCCCCCCCCCCCCCCCCCC. The monoisotopic (exact) mass is 992 g/mol. The van der Waals surface area contributed by atoms with Crippen molar-refractivity contribution in [3.8, 4) is 0 Å². The fourth-order valence-corrected chi connectivity index (χ4v) is 8.39. The predicted octanol–water partition coefficient (Wildman–Crippen LogP) is 14.2. The summed E-state index contributed by atoms with van der Waals surface area (Å²) < 4.78 is 11.3. The molecule has 9 heteroatoms. The van der Waals surface area contributed by atoms with Gasteiger partial charge in [0.15, 0.2) is 6.29 Å². The van der Waals surface area contributed by atoms with Gasteiger partial charge >= 0.3 is 0 Å². The number of amides is 1. The van der Waals surface area contributed by atoms with E-state index in [1.165, 1.54) is 89.9 Å². The number of nitrogens with one attached hydrogen (secondary N) is 1. The molecule has 0 bridgehead atoms. The van der Waals surface area contributed by atoms with Crippen LogP contribution in [0.1, 0.15) is 219 Å². The van der Waals surface area contributed by atoms with Crippen LogP contribution in [0.4, 0.5) is 0 Å². The molecule has 7 unspecified atom stereocenters. The van der Waals surface area contributed by atoms with Crippen molar-refractivity contribution >= 4 is 5.91 Å². The highest BCUT2D eigenvalue weighted by Crippen LogP contribution is 2.23. The number of carbonyl (C=O) groups is 1. The maximum atomic E-state index is 13.1. The summed E-state index contributed by atoms with van der Waals surface area (Å²) in [5, 5.41) is 54.6. The Morgan fingerprint density at radius 3 is 1.28 bits per heavy atom. The molecule has 0 aromatic heterocycles. The maximum absolute atomic E-state index is 13.1. The maximum Gasteiger partial charge on any atom is 0.220 e. The summed E-state index contributed by atoms with van der Waals surface area (Å²) in [6, 6.07) is -0.745. The quantitative estimate of drug-likeness (QED) is 0.0261. The van der Waals surface area contributed by atoms with Crippen molar-refractivity contribution in [2.75, 3.05) is 13.2 Å². The van der Waals surface area contributed by atoms with Crippen LogP contribution in [-0.2, 0) is 14.3 Å². The van der Waals surface area contributed by atoms with Crippen LogP contribution in [-0.4, -0.2) is 87.5 Å². The largest absolute Gasteiger partial charge is 0.394 e. The lowest BCUT2D eigenvalue weighted by Gasteiger charge is -2.40. The highest BCUT2D eigenvalue weighted by Gasteiger charge is 2.44. The lowest BCUT2D eigenvalue weighted by Crippen LogP contribution is -2.60. The van der Waals surface area contributed by atoms with Gasteiger partial charge in [-0.05, 0) is 83.5 Å². The third-order valence-corrected chi connectivity index (χ3v) is 12.9. The van der Waals surface area contributed by atoms with Crippen LogP contribution in [0.15, 0.2) is 109 Å². The molecule has 0 radical (unpaired) electrons. The molecule has 1 fully saturated rings. The predicted molar refractivity (Wildman–Crippen MR) is 299 cm³/mol. The standard InChI is InChI=1S/C62H105NO8/c1-3-5-7-9-11-13-15-17-19-21-22-23-24-25-26-27-28-29-30-31-32-33-34-36-38-40-42-44-46-48-50-52-58(66)63-55(54-70-62-61(69)60(68)59(67)57(53-64)71-62)56(65)51-49-47-45-43-41-39-37-35-20-18-16-14-12-10-8-6-4-2/h5,7,11,13,17,19,22-23,25-26,28-29,31-32,34,36,40,42,55-57,59-62,64-65,67-69H,3-4,6,8-10,12,14-16,18,20-21,24,27,30,33,35,37-39,41,43-54H2,1-2H3,(H,63,66)/b7-5-,13-11-,19-17-,23-22-,26-25-,29-28-,32-31-,36-34-,42-40-. The minimum atomic E-state index is -1.57. The van der Waals surface area contributed by atoms with Gasteiger partial charge in [-0.25, -0.2) is 0 Å². The van der Waals surface area contributed by atoms with Crippen LogP contribution in [0, 0.1) is 0 Å². The first-order valence-electron chi connectivity index (χ1n) is 28.6. The zero-order valence-electron chi connectivity index (χ0n) is 44.9. The molecule has 1 rings (SSSR count). The van der Waals surface area contributed by atoms with Crippen LogP contribution in [0.25, 0.3) is 0 Å². The second kappa shape index (κ2) is 50.4. The molecule has 1 aliphatic rings. The van der Waals surface area contributed by atoms with Crippen LogP contribution in [0.2, 0.25) is 0 Å². The van der Waals surface area contributed by atoms with E-state index in [1.807, 2.05) is 0 Å². The second-order valence-corrected chi connectivity index (χ2v) is 19.4. The van der Waals surface area contributed by atoms with Crippen molar-refractivity contribution in [3.63, 3.8) is 0 Å². The van der Waals surface area contributed by atoms with Crippen LogP contribution in [0.3, 0.4) is 0 Å². The fourth-order valence-electron chi connectivity index (χ4n) is 8.39. The molecule has 0 aliphatic carbocycles. The molecule has 0 aromatic carbocycles. The van der Waals surface area contributed by atoms with Crippen LogP contribution >= 0.6 is 0 Å². The molecule has 406 valence electrons.